The molecule has 0 aromatic carbocycles. The van der Waals surface area contributed by atoms with Crippen LogP contribution >= 0.6 is 0 Å². The lowest BCUT2D eigenvalue weighted by atomic mass is 9.43. The van der Waals surface area contributed by atoms with Gasteiger partial charge in [0.2, 0.25) is 0 Å². The first-order chi connectivity index (χ1) is 14.0. The standard InChI is InChI=1S/C24H40O4/c1-14(4-7-21(27)28)17-5-6-18-22-19(9-11-24(17,18)3)23(2)10-8-16(25)12-15(23)13-20(22)26/h14-20,22,25-26H,4-13H2,1-3H3,(H,27,28)/t14-,15+,16-,17-,18+,19+,20-,22+,23+,24-/m1/s1/i9D,11D/t9?,11?,14-,15+,16-,17-,18+,19+,20-,22+,23+,24-. The summed E-state index contributed by atoms with van der Waals surface area (Å²) < 4.78 is 18.4. The first-order valence-electron chi connectivity index (χ1n) is 12.6. The topological polar surface area (TPSA) is 77.8 Å². The van der Waals surface area contributed by atoms with Crippen molar-refractivity contribution in [3.05, 3.63) is 0 Å². The number of hydrogen-bond acceptors (Lipinski definition) is 3. The zero-order chi connectivity index (χ0) is 22.0. The number of aliphatic hydroxyl groups is 2. The highest BCUT2D eigenvalue weighted by Crippen LogP contribution is 2.68. The van der Waals surface area contributed by atoms with E-state index in [1.165, 1.54) is 0 Å². The second-order valence-electron chi connectivity index (χ2n) is 11.0. The van der Waals surface area contributed by atoms with E-state index >= 15 is 0 Å². The number of aliphatic hydroxyl groups excluding tert-OH is 2. The normalized spacial score (nSPS) is 58.0. The Morgan fingerprint density at radius 3 is 2.61 bits per heavy atom. The molecule has 4 fully saturated rings. The van der Waals surface area contributed by atoms with E-state index in [1.807, 2.05) is 0 Å². The maximum atomic E-state index is 11.3. The molecular formula is C24H40O4. The molecule has 28 heavy (non-hydrogen) atoms. The van der Waals surface area contributed by atoms with E-state index in [9.17, 15) is 17.7 Å². The number of aliphatic carboxylic acids is 1. The summed E-state index contributed by atoms with van der Waals surface area (Å²) in [6, 6.07) is 0. The van der Waals surface area contributed by atoms with Crippen molar-refractivity contribution in [3.8, 4) is 0 Å². The van der Waals surface area contributed by atoms with Crippen molar-refractivity contribution in [1.29, 1.82) is 0 Å². The minimum Gasteiger partial charge on any atom is -0.481 e. The van der Waals surface area contributed by atoms with Crippen LogP contribution in [-0.2, 0) is 4.79 Å². The fraction of sp³-hybridized carbons (Fsp3) is 0.958. The molecule has 3 N–H and O–H groups in total. The van der Waals surface area contributed by atoms with Gasteiger partial charge in [0.25, 0.3) is 0 Å². The monoisotopic (exact) mass is 394 g/mol. The summed E-state index contributed by atoms with van der Waals surface area (Å²) in [5.41, 5.74) is -0.424. The summed E-state index contributed by atoms with van der Waals surface area (Å²) in [7, 11) is 0. The van der Waals surface area contributed by atoms with E-state index in [0.717, 1.165) is 25.7 Å². The van der Waals surface area contributed by atoms with Crippen LogP contribution in [-0.4, -0.2) is 33.5 Å². The molecule has 12 atom stereocenters. The van der Waals surface area contributed by atoms with Gasteiger partial charge in [-0.2, -0.15) is 0 Å². The highest BCUT2D eigenvalue weighted by atomic mass is 16.4. The van der Waals surface area contributed by atoms with Gasteiger partial charge in [-0.1, -0.05) is 20.8 Å². The van der Waals surface area contributed by atoms with Crippen LogP contribution in [0, 0.1) is 46.3 Å². The van der Waals surface area contributed by atoms with Gasteiger partial charge in [0.15, 0.2) is 0 Å². The van der Waals surface area contributed by atoms with Gasteiger partial charge in [-0.05, 0) is 104 Å². The largest absolute Gasteiger partial charge is 0.481 e. The van der Waals surface area contributed by atoms with Crippen molar-refractivity contribution in [3.63, 3.8) is 0 Å². The first kappa shape index (κ1) is 18.2. The molecule has 0 saturated heterocycles. The second kappa shape index (κ2) is 7.27. The van der Waals surface area contributed by atoms with Gasteiger partial charge >= 0.3 is 5.97 Å². The molecule has 4 heteroatoms. The lowest BCUT2D eigenvalue weighted by Gasteiger charge is -2.62. The fourth-order valence-corrected chi connectivity index (χ4v) is 8.07. The van der Waals surface area contributed by atoms with Crippen LogP contribution in [0.15, 0.2) is 0 Å². The Morgan fingerprint density at radius 2 is 1.89 bits per heavy atom. The van der Waals surface area contributed by atoms with Gasteiger partial charge in [-0.15, -0.1) is 0 Å². The maximum Gasteiger partial charge on any atom is 0.303 e. The van der Waals surface area contributed by atoms with E-state index in [1.54, 1.807) is 0 Å². The zero-order valence-corrected chi connectivity index (χ0v) is 17.7. The molecule has 4 aliphatic rings. The average Bonchev–Trinajstić information content (AvgIpc) is 3.03. The first-order valence-corrected chi connectivity index (χ1v) is 11.4. The van der Waals surface area contributed by atoms with Gasteiger partial charge < -0.3 is 15.3 Å². The van der Waals surface area contributed by atoms with Crippen LogP contribution in [0.3, 0.4) is 0 Å². The molecule has 160 valence electrons. The summed E-state index contributed by atoms with van der Waals surface area (Å²) in [5, 5.41) is 30.7. The van der Waals surface area contributed by atoms with Crippen LogP contribution in [0.4, 0.5) is 0 Å². The highest BCUT2D eigenvalue weighted by Gasteiger charge is 2.62. The number of carboxylic acid groups (broad SMARTS) is 1. The lowest BCUT2D eigenvalue weighted by Crippen LogP contribution is -2.58. The molecule has 0 aliphatic heterocycles. The molecule has 0 spiro atoms. The molecular weight excluding hydrogens is 352 g/mol. The van der Waals surface area contributed by atoms with Crippen molar-refractivity contribution >= 4 is 5.97 Å². The molecule has 4 saturated carbocycles. The fourth-order valence-electron chi connectivity index (χ4n) is 8.07. The lowest BCUT2D eigenvalue weighted by molar-refractivity contribution is -0.174. The molecule has 4 nitrogen and oxygen atoms in total. The SMILES string of the molecule is [2H]C1C([2H])[C@]2(C)[C@@H]([C@H](C)CCC(=O)O)CC[C@H]2[C@@H]2[C@H](O)C[C@@H]3C[C@H](O)CC[C@]3(C)[C@@H]12. The summed E-state index contributed by atoms with van der Waals surface area (Å²) in [6.07, 6.45) is 3.96. The molecule has 0 heterocycles. The quantitative estimate of drug-likeness (QED) is 0.657. The number of carboxylic acids is 1. The predicted octanol–water partition coefficient (Wildman–Crippen LogP) is 4.48. The molecule has 0 bridgehead atoms. The number of fused-ring (bicyclic) bond motifs is 5. The third kappa shape index (κ3) is 3.14. The summed E-state index contributed by atoms with van der Waals surface area (Å²) in [5.74, 6) is 0.189. The minimum atomic E-state index is -0.771. The molecule has 0 radical (unpaired) electrons. The third-order valence-corrected chi connectivity index (χ3v) is 9.67. The van der Waals surface area contributed by atoms with E-state index in [2.05, 4.69) is 20.8 Å². The van der Waals surface area contributed by atoms with E-state index in [0.29, 0.717) is 19.3 Å². The smallest absolute Gasteiger partial charge is 0.303 e. The van der Waals surface area contributed by atoms with Crippen molar-refractivity contribution in [1.82, 2.24) is 0 Å². The summed E-state index contributed by atoms with van der Waals surface area (Å²) in [4.78, 5) is 11.1. The summed E-state index contributed by atoms with van der Waals surface area (Å²) in [6.45, 7) is 6.57. The van der Waals surface area contributed by atoms with Crippen molar-refractivity contribution in [2.75, 3.05) is 0 Å². The van der Waals surface area contributed by atoms with Gasteiger partial charge in [-0.3, -0.25) is 4.79 Å². The Hall–Kier alpha value is -0.610. The van der Waals surface area contributed by atoms with Gasteiger partial charge in [0.1, 0.15) is 0 Å². The molecule has 0 aromatic rings. The molecule has 4 rings (SSSR count). The van der Waals surface area contributed by atoms with Crippen LogP contribution in [0.5, 0.6) is 0 Å². The van der Waals surface area contributed by atoms with Crippen LogP contribution < -0.4 is 0 Å². The molecule has 0 amide bonds. The van der Waals surface area contributed by atoms with Crippen LogP contribution in [0.2, 0.25) is 0 Å². The molecule has 2 unspecified atom stereocenters. The van der Waals surface area contributed by atoms with Gasteiger partial charge in [-0.25, -0.2) is 0 Å². The van der Waals surface area contributed by atoms with Crippen LogP contribution in [0.1, 0.15) is 87.7 Å². The van der Waals surface area contributed by atoms with Crippen LogP contribution in [0.25, 0.3) is 0 Å². The summed E-state index contributed by atoms with van der Waals surface area (Å²) >= 11 is 0. The molecule has 0 aromatic heterocycles. The Morgan fingerprint density at radius 1 is 1.14 bits per heavy atom. The highest BCUT2D eigenvalue weighted by molar-refractivity contribution is 5.66. The number of carbonyl (C=O) groups is 1. The maximum absolute atomic E-state index is 11.3. The van der Waals surface area contributed by atoms with Crippen molar-refractivity contribution in [2.45, 2.75) is 97.1 Å². The van der Waals surface area contributed by atoms with E-state index < -0.39 is 24.9 Å². The van der Waals surface area contributed by atoms with E-state index in [4.69, 9.17) is 5.11 Å². The Labute approximate surface area is 172 Å². The van der Waals surface area contributed by atoms with Gasteiger partial charge in [0.05, 0.1) is 12.2 Å². The predicted molar refractivity (Wildman–Crippen MR) is 109 cm³/mol. The van der Waals surface area contributed by atoms with Crippen molar-refractivity contribution < 1.29 is 22.9 Å². The Bertz CT molecular complexity index is 674. The minimum absolute atomic E-state index is 0.00685. The third-order valence-electron chi connectivity index (χ3n) is 9.67. The zero-order valence-electron chi connectivity index (χ0n) is 19.7. The number of rotatable bonds is 4. The Balaban J connectivity index is 1.66. The Kier molecular flexibility index (Phi) is 4.72. The van der Waals surface area contributed by atoms with E-state index in [-0.39, 0.29) is 58.9 Å². The number of hydrogen-bond donors (Lipinski definition) is 3. The molecule has 4 aliphatic carbocycles. The van der Waals surface area contributed by atoms with Crippen molar-refractivity contribution in [2.24, 2.45) is 46.3 Å². The van der Waals surface area contributed by atoms with Gasteiger partial charge in [0, 0.05) is 9.16 Å². The average molecular weight is 395 g/mol. The second-order valence-corrected chi connectivity index (χ2v) is 11.0.